The van der Waals surface area contributed by atoms with Crippen LogP contribution in [0, 0.1) is 0 Å². The highest BCUT2D eigenvalue weighted by atomic mass is 16.5. The summed E-state index contributed by atoms with van der Waals surface area (Å²) < 4.78 is 10.2. The lowest BCUT2D eigenvalue weighted by Gasteiger charge is -2.26. The number of hydrogen-bond acceptors (Lipinski definition) is 5. The molecule has 5 nitrogen and oxygen atoms in total. The summed E-state index contributed by atoms with van der Waals surface area (Å²) in [6, 6.07) is 0.138. The number of aliphatic hydroxyl groups is 1. The van der Waals surface area contributed by atoms with Crippen molar-refractivity contribution < 1.29 is 14.6 Å². The number of rotatable bonds is 12. The molecule has 0 fully saturated rings. The van der Waals surface area contributed by atoms with Gasteiger partial charge in [0.25, 0.3) is 0 Å². The smallest absolute Gasteiger partial charge is 0.0597 e. The maximum atomic E-state index is 9.26. The predicted molar refractivity (Wildman–Crippen MR) is 69.4 cm³/mol. The van der Waals surface area contributed by atoms with E-state index in [0.717, 1.165) is 45.8 Å². The molecule has 0 saturated carbocycles. The number of nitrogens with one attached hydrogen (secondary N) is 1. The third kappa shape index (κ3) is 9.50. The van der Waals surface area contributed by atoms with Gasteiger partial charge < -0.3 is 19.9 Å². The Balaban J connectivity index is 3.95. The van der Waals surface area contributed by atoms with Crippen LogP contribution >= 0.6 is 0 Å². The topological polar surface area (TPSA) is 54.0 Å². The summed E-state index contributed by atoms with van der Waals surface area (Å²) in [5.74, 6) is 0. The van der Waals surface area contributed by atoms with Crippen molar-refractivity contribution in [3.63, 3.8) is 0 Å². The molecule has 1 atom stereocenters. The standard InChI is InChI=1S/C12H28N2O3/c1-4-13-12(11-15)10-14(7-9-17-3)6-5-8-16-2/h12-13,15H,4-11H2,1-3H3. The van der Waals surface area contributed by atoms with E-state index in [4.69, 9.17) is 9.47 Å². The van der Waals surface area contributed by atoms with Gasteiger partial charge in [-0.3, -0.25) is 4.90 Å². The maximum Gasteiger partial charge on any atom is 0.0597 e. The van der Waals surface area contributed by atoms with Crippen LogP contribution in [0.2, 0.25) is 0 Å². The van der Waals surface area contributed by atoms with Gasteiger partial charge in [-0.2, -0.15) is 0 Å². The molecule has 0 aliphatic carbocycles. The minimum Gasteiger partial charge on any atom is -0.395 e. The van der Waals surface area contributed by atoms with Crippen LogP contribution in [0.3, 0.4) is 0 Å². The fourth-order valence-corrected chi connectivity index (χ4v) is 1.73. The highest BCUT2D eigenvalue weighted by molar-refractivity contribution is 4.71. The van der Waals surface area contributed by atoms with Crippen molar-refractivity contribution in [2.75, 3.05) is 60.2 Å². The van der Waals surface area contributed by atoms with E-state index in [-0.39, 0.29) is 12.6 Å². The second-order valence-electron chi connectivity index (χ2n) is 4.08. The molecule has 0 aromatic heterocycles. The summed E-state index contributed by atoms with van der Waals surface area (Å²) >= 11 is 0. The first-order valence-electron chi connectivity index (χ1n) is 6.32. The summed E-state index contributed by atoms with van der Waals surface area (Å²) in [6.07, 6.45) is 1.00. The lowest BCUT2D eigenvalue weighted by Crippen LogP contribution is -2.44. The summed E-state index contributed by atoms with van der Waals surface area (Å²) in [4.78, 5) is 2.30. The van der Waals surface area contributed by atoms with E-state index >= 15 is 0 Å². The van der Waals surface area contributed by atoms with Crippen molar-refractivity contribution in [3.8, 4) is 0 Å². The van der Waals surface area contributed by atoms with Crippen molar-refractivity contribution in [2.24, 2.45) is 0 Å². The molecule has 0 bridgehead atoms. The van der Waals surface area contributed by atoms with E-state index in [0.29, 0.717) is 0 Å². The van der Waals surface area contributed by atoms with Gasteiger partial charge in [-0.05, 0) is 13.0 Å². The van der Waals surface area contributed by atoms with Crippen molar-refractivity contribution in [1.82, 2.24) is 10.2 Å². The normalized spacial score (nSPS) is 13.2. The minimum absolute atomic E-state index is 0.138. The Morgan fingerprint density at radius 1 is 1.18 bits per heavy atom. The van der Waals surface area contributed by atoms with E-state index in [1.165, 1.54) is 0 Å². The molecule has 0 heterocycles. The van der Waals surface area contributed by atoms with Crippen LogP contribution in [0.4, 0.5) is 0 Å². The summed E-state index contributed by atoms with van der Waals surface area (Å²) in [6.45, 7) is 7.29. The first-order chi connectivity index (χ1) is 8.28. The molecule has 1 unspecified atom stereocenters. The zero-order valence-electron chi connectivity index (χ0n) is 11.4. The second-order valence-corrected chi connectivity index (χ2v) is 4.08. The van der Waals surface area contributed by atoms with Gasteiger partial charge in [0, 0.05) is 46.5 Å². The maximum absolute atomic E-state index is 9.26. The van der Waals surface area contributed by atoms with Crippen molar-refractivity contribution in [3.05, 3.63) is 0 Å². The number of nitrogens with zero attached hydrogens (tertiary/aromatic N) is 1. The van der Waals surface area contributed by atoms with Gasteiger partial charge in [0.2, 0.25) is 0 Å². The Labute approximate surface area is 105 Å². The van der Waals surface area contributed by atoms with E-state index < -0.39 is 0 Å². The number of ether oxygens (including phenoxy) is 2. The van der Waals surface area contributed by atoms with Gasteiger partial charge in [-0.25, -0.2) is 0 Å². The average Bonchev–Trinajstić information content (AvgIpc) is 2.35. The van der Waals surface area contributed by atoms with Crippen LogP contribution in [0.5, 0.6) is 0 Å². The Bertz CT molecular complexity index is 159. The molecule has 0 spiro atoms. The lowest BCUT2D eigenvalue weighted by molar-refractivity contribution is 0.116. The Hall–Kier alpha value is -0.200. The van der Waals surface area contributed by atoms with Crippen LogP contribution in [-0.4, -0.2) is 76.3 Å². The molecular formula is C12H28N2O3. The monoisotopic (exact) mass is 248 g/mol. The van der Waals surface area contributed by atoms with Gasteiger partial charge in [0.05, 0.1) is 13.2 Å². The van der Waals surface area contributed by atoms with E-state index in [1.54, 1.807) is 14.2 Å². The molecule has 104 valence electrons. The quantitative estimate of drug-likeness (QED) is 0.474. The fourth-order valence-electron chi connectivity index (χ4n) is 1.73. The largest absolute Gasteiger partial charge is 0.395 e. The number of likely N-dealkylation sites (N-methyl/N-ethyl adjacent to an activating group) is 1. The van der Waals surface area contributed by atoms with Gasteiger partial charge >= 0.3 is 0 Å². The van der Waals surface area contributed by atoms with E-state index in [2.05, 4.69) is 10.2 Å². The SMILES string of the molecule is CCNC(CO)CN(CCCOC)CCOC. The van der Waals surface area contributed by atoms with Crippen LogP contribution in [-0.2, 0) is 9.47 Å². The molecule has 0 amide bonds. The van der Waals surface area contributed by atoms with Gasteiger partial charge in [0.15, 0.2) is 0 Å². The third-order valence-electron chi connectivity index (χ3n) is 2.63. The fraction of sp³-hybridized carbons (Fsp3) is 1.00. The lowest BCUT2D eigenvalue weighted by atomic mass is 10.2. The van der Waals surface area contributed by atoms with Gasteiger partial charge in [0.1, 0.15) is 0 Å². The van der Waals surface area contributed by atoms with Crippen LogP contribution < -0.4 is 5.32 Å². The molecular weight excluding hydrogens is 220 g/mol. The highest BCUT2D eigenvalue weighted by Gasteiger charge is 2.12. The Kier molecular flexibility index (Phi) is 12.1. The van der Waals surface area contributed by atoms with E-state index in [9.17, 15) is 5.11 Å². The summed E-state index contributed by atoms with van der Waals surface area (Å²) in [5.41, 5.74) is 0. The molecule has 0 aromatic carbocycles. The first kappa shape index (κ1) is 16.8. The molecule has 0 aromatic rings. The Morgan fingerprint density at radius 3 is 2.41 bits per heavy atom. The van der Waals surface area contributed by atoms with Crippen LogP contribution in [0.1, 0.15) is 13.3 Å². The molecule has 17 heavy (non-hydrogen) atoms. The first-order valence-corrected chi connectivity index (χ1v) is 6.32. The zero-order chi connectivity index (χ0) is 12.9. The summed E-state index contributed by atoms with van der Waals surface area (Å²) in [5, 5.41) is 12.5. The molecule has 0 radical (unpaired) electrons. The summed E-state index contributed by atoms with van der Waals surface area (Å²) in [7, 11) is 3.43. The van der Waals surface area contributed by atoms with Crippen molar-refractivity contribution in [1.29, 1.82) is 0 Å². The predicted octanol–water partition coefficient (Wildman–Crippen LogP) is -0.0583. The highest BCUT2D eigenvalue weighted by Crippen LogP contribution is 1.96. The van der Waals surface area contributed by atoms with Crippen molar-refractivity contribution >= 4 is 0 Å². The molecule has 5 heteroatoms. The molecule has 0 saturated heterocycles. The number of aliphatic hydroxyl groups excluding tert-OH is 1. The Morgan fingerprint density at radius 2 is 1.88 bits per heavy atom. The second kappa shape index (κ2) is 12.3. The van der Waals surface area contributed by atoms with E-state index in [1.807, 2.05) is 6.92 Å². The van der Waals surface area contributed by atoms with Crippen LogP contribution in [0.15, 0.2) is 0 Å². The molecule has 0 aliphatic heterocycles. The number of hydrogen-bond donors (Lipinski definition) is 2. The molecule has 0 aliphatic rings. The van der Waals surface area contributed by atoms with Crippen molar-refractivity contribution in [2.45, 2.75) is 19.4 Å². The average molecular weight is 248 g/mol. The van der Waals surface area contributed by atoms with Gasteiger partial charge in [-0.15, -0.1) is 0 Å². The minimum atomic E-state index is 0.138. The molecule has 2 N–H and O–H groups in total. The van der Waals surface area contributed by atoms with Gasteiger partial charge in [-0.1, -0.05) is 6.92 Å². The number of methoxy groups -OCH3 is 2. The third-order valence-corrected chi connectivity index (χ3v) is 2.63. The van der Waals surface area contributed by atoms with Crippen LogP contribution in [0.25, 0.3) is 0 Å². The zero-order valence-corrected chi connectivity index (χ0v) is 11.4. The molecule has 0 rings (SSSR count).